The lowest BCUT2D eigenvalue weighted by atomic mass is 9.98. The van der Waals surface area contributed by atoms with Crippen molar-refractivity contribution in [1.82, 2.24) is 5.43 Å². The molecule has 2 nitrogen and oxygen atoms in total. The van der Waals surface area contributed by atoms with Crippen LogP contribution in [0.4, 0.5) is 4.39 Å². The van der Waals surface area contributed by atoms with Crippen molar-refractivity contribution < 1.29 is 4.39 Å². The first-order valence-corrected chi connectivity index (χ1v) is 7.91. The molecule has 0 amide bonds. The van der Waals surface area contributed by atoms with E-state index in [9.17, 15) is 4.39 Å². The monoisotopic (exact) mass is 280 g/mol. The number of nitrogens with two attached hydrogens (primary N) is 1. The minimum Gasteiger partial charge on any atom is -0.271 e. The predicted molar refractivity (Wildman–Crippen MR) is 83.8 cm³/mol. The van der Waals surface area contributed by atoms with E-state index in [0.29, 0.717) is 5.56 Å². The Morgan fingerprint density at radius 1 is 1.10 bits per heavy atom. The fourth-order valence-electron chi connectivity index (χ4n) is 2.56. The van der Waals surface area contributed by atoms with Gasteiger partial charge in [-0.15, -0.1) is 0 Å². The molecular formula is C17H29FN2. The van der Waals surface area contributed by atoms with Crippen LogP contribution in [0.2, 0.25) is 0 Å². The summed E-state index contributed by atoms with van der Waals surface area (Å²) in [5.41, 5.74) is 4.52. The van der Waals surface area contributed by atoms with E-state index in [2.05, 4.69) is 12.3 Å². The van der Waals surface area contributed by atoms with Crippen LogP contribution in [0.25, 0.3) is 0 Å². The minimum atomic E-state index is -0.165. The molecule has 0 bridgehead atoms. The zero-order valence-corrected chi connectivity index (χ0v) is 12.9. The topological polar surface area (TPSA) is 38.0 Å². The Labute approximate surface area is 122 Å². The third-order valence-electron chi connectivity index (χ3n) is 3.82. The van der Waals surface area contributed by atoms with Gasteiger partial charge >= 0.3 is 0 Å². The zero-order chi connectivity index (χ0) is 14.8. The van der Waals surface area contributed by atoms with E-state index in [4.69, 9.17) is 5.84 Å². The second-order valence-corrected chi connectivity index (χ2v) is 5.65. The summed E-state index contributed by atoms with van der Waals surface area (Å²) in [6.07, 6.45) is 9.73. The second kappa shape index (κ2) is 9.89. The average Bonchev–Trinajstić information content (AvgIpc) is 2.45. The highest BCUT2D eigenvalue weighted by atomic mass is 19.1. The molecule has 1 atom stereocenters. The van der Waals surface area contributed by atoms with Gasteiger partial charge in [0.25, 0.3) is 0 Å². The van der Waals surface area contributed by atoms with Crippen molar-refractivity contribution in [3.8, 4) is 0 Å². The molecule has 0 aliphatic heterocycles. The summed E-state index contributed by atoms with van der Waals surface area (Å²) >= 11 is 0. The molecular weight excluding hydrogens is 251 g/mol. The van der Waals surface area contributed by atoms with Gasteiger partial charge in [0.1, 0.15) is 5.82 Å². The molecule has 0 saturated heterocycles. The summed E-state index contributed by atoms with van der Waals surface area (Å²) in [6, 6.07) is 5.13. The third kappa shape index (κ3) is 6.02. The van der Waals surface area contributed by atoms with Crippen molar-refractivity contribution in [2.75, 3.05) is 0 Å². The molecule has 0 aromatic heterocycles. The summed E-state index contributed by atoms with van der Waals surface area (Å²) in [7, 11) is 0. The summed E-state index contributed by atoms with van der Waals surface area (Å²) in [6.45, 7) is 4.21. The van der Waals surface area contributed by atoms with Gasteiger partial charge in [-0.25, -0.2) is 4.39 Å². The van der Waals surface area contributed by atoms with Crippen molar-refractivity contribution in [2.24, 2.45) is 5.84 Å². The largest absolute Gasteiger partial charge is 0.271 e. The molecule has 0 heterocycles. The number of benzene rings is 1. The first kappa shape index (κ1) is 17.1. The molecule has 0 fully saturated rings. The molecule has 114 valence electrons. The van der Waals surface area contributed by atoms with E-state index >= 15 is 0 Å². The summed E-state index contributed by atoms with van der Waals surface area (Å²) in [5.74, 6) is 5.42. The number of aryl methyl sites for hydroxylation is 1. The molecule has 1 rings (SSSR count). The van der Waals surface area contributed by atoms with Crippen LogP contribution in [0.3, 0.4) is 0 Å². The van der Waals surface area contributed by atoms with Gasteiger partial charge < -0.3 is 0 Å². The normalized spacial score (nSPS) is 12.6. The summed E-state index contributed by atoms with van der Waals surface area (Å²) in [4.78, 5) is 0. The second-order valence-electron chi connectivity index (χ2n) is 5.65. The van der Waals surface area contributed by atoms with Crippen LogP contribution in [0.1, 0.15) is 75.5 Å². The molecule has 0 aliphatic rings. The van der Waals surface area contributed by atoms with Crippen molar-refractivity contribution in [3.63, 3.8) is 0 Å². The lowest BCUT2D eigenvalue weighted by molar-refractivity contribution is 0.456. The number of halogens is 1. The van der Waals surface area contributed by atoms with E-state index in [0.717, 1.165) is 18.4 Å². The Balaban J connectivity index is 2.34. The van der Waals surface area contributed by atoms with Gasteiger partial charge in [0.05, 0.1) is 0 Å². The van der Waals surface area contributed by atoms with Gasteiger partial charge in [-0.05, 0) is 19.4 Å². The van der Waals surface area contributed by atoms with E-state index in [1.807, 2.05) is 13.0 Å². The fraction of sp³-hybridized carbons (Fsp3) is 0.647. The lowest BCUT2D eigenvalue weighted by Gasteiger charge is -2.17. The Bertz CT molecular complexity index is 379. The van der Waals surface area contributed by atoms with E-state index in [-0.39, 0.29) is 11.9 Å². The van der Waals surface area contributed by atoms with Crippen molar-refractivity contribution in [2.45, 2.75) is 71.3 Å². The molecule has 3 N–H and O–H groups in total. The number of hydrazine groups is 1. The van der Waals surface area contributed by atoms with Crippen LogP contribution in [0.5, 0.6) is 0 Å². The van der Waals surface area contributed by atoms with Crippen LogP contribution < -0.4 is 11.3 Å². The molecule has 0 saturated carbocycles. The third-order valence-corrected chi connectivity index (χ3v) is 3.82. The standard InChI is InChI=1S/C17H29FN2/c1-3-4-5-6-7-8-9-10-17(20-19)15-13-14(2)11-12-16(15)18/h11-13,17,20H,3-10,19H2,1-2H3. The molecule has 0 radical (unpaired) electrons. The number of unbranched alkanes of at least 4 members (excludes halogenated alkanes) is 6. The Morgan fingerprint density at radius 2 is 1.75 bits per heavy atom. The summed E-state index contributed by atoms with van der Waals surface area (Å²) in [5, 5.41) is 0. The SMILES string of the molecule is CCCCCCCCCC(NN)c1cc(C)ccc1F. The van der Waals surface area contributed by atoms with Gasteiger partial charge in [-0.1, -0.05) is 69.6 Å². The quantitative estimate of drug-likeness (QED) is 0.368. The fourth-order valence-corrected chi connectivity index (χ4v) is 2.56. The maximum atomic E-state index is 13.8. The van der Waals surface area contributed by atoms with E-state index in [1.165, 1.54) is 44.6 Å². The first-order valence-electron chi connectivity index (χ1n) is 7.91. The number of hydrogen-bond donors (Lipinski definition) is 2. The predicted octanol–water partition coefficient (Wildman–Crippen LogP) is 4.78. The van der Waals surface area contributed by atoms with E-state index in [1.54, 1.807) is 6.07 Å². The minimum absolute atomic E-state index is 0.0782. The average molecular weight is 280 g/mol. The van der Waals surface area contributed by atoms with Gasteiger partial charge in [-0.3, -0.25) is 11.3 Å². The molecule has 0 aliphatic carbocycles. The van der Waals surface area contributed by atoms with Crippen LogP contribution >= 0.6 is 0 Å². The van der Waals surface area contributed by atoms with Gasteiger partial charge in [0, 0.05) is 11.6 Å². The van der Waals surface area contributed by atoms with Crippen LogP contribution in [-0.4, -0.2) is 0 Å². The Kier molecular flexibility index (Phi) is 8.47. The lowest BCUT2D eigenvalue weighted by Crippen LogP contribution is -2.28. The maximum Gasteiger partial charge on any atom is 0.128 e. The number of hydrogen-bond acceptors (Lipinski definition) is 2. The highest BCUT2D eigenvalue weighted by molar-refractivity contribution is 5.26. The van der Waals surface area contributed by atoms with Gasteiger partial charge in [-0.2, -0.15) is 0 Å². The number of rotatable bonds is 10. The van der Waals surface area contributed by atoms with Crippen molar-refractivity contribution >= 4 is 0 Å². The van der Waals surface area contributed by atoms with Gasteiger partial charge in [0.15, 0.2) is 0 Å². The van der Waals surface area contributed by atoms with Crippen LogP contribution in [0, 0.1) is 12.7 Å². The molecule has 1 aromatic carbocycles. The molecule has 20 heavy (non-hydrogen) atoms. The molecule has 3 heteroatoms. The van der Waals surface area contributed by atoms with Crippen molar-refractivity contribution in [3.05, 3.63) is 35.1 Å². The Hall–Kier alpha value is -0.930. The highest BCUT2D eigenvalue weighted by Crippen LogP contribution is 2.23. The van der Waals surface area contributed by atoms with E-state index < -0.39 is 0 Å². The Morgan fingerprint density at radius 3 is 2.40 bits per heavy atom. The van der Waals surface area contributed by atoms with Crippen LogP contribution in [-0.2, 0) is 0 Å². The maximum absolute atomic E-state index is 13.8. The van der Waals surface area contributed by atoms with Crippen LogP contribution in [0.15, 0.2) is 18.2 Å². The highest BCUT2D eigenvalue weighted by Gasteiger charge is 2.14. The molecule has 1 aromatic rings. The van der Waals surface area contributed by atoms with Gasteiger partial charge in [0.2, 0.25) is 0 Å². The smallest absolute Gasteiger partial charge is 0.128 e. The molecule has 0 spiro atoms. The first-order chi connectivity index (χ1) is 9.69. The van der Waals surface area contributed by atoms with Crippen molar-refractivity contribution in [1.29, 1.82) is 0 Å². The summed E-state index contributed by atoms with van der Waals surface area (Å²) < 4.78 is 13.8. The zero-order valence-electron chi connectivity index (χ0n) is 12.9. The molecule has 1 unspecified atom stereocenters. The number of nitrogens with one attached hydrogen (secondary N) is 1.